The van der Waals surface area contributed by atoms with E-state index in [9.17, 15) is 14.0 Å². The maximum atomic E-state index is 14.4. The monoisotopic (exact) mass is 385 g/mol. The van der Waals surface area contributed by atoms with Gasteiger partial charge in [0.2, 0.25) is 5.91 Å². The highest BCUT2D eigenvalue weighted by Crippen LogP contribution is 2.59. The van der Waals surface area contributed by atoms with Gasteiger partial charge in [0.05, 0.1) is 15.3 Å². The van der Waals surface area contributed by atoms with Crippen molar-refractivity contribution in [3.05, 3.63) is 40.8 Å². The maximum Gasteiger partial charge on any atom is 0.274 e. The van der Waals surface area contributed by atoms with Crippen LogP contribution in [0.5, 0.6) is 0 Å². The first-order chi connectivity index (χ1) is 12.9. The predicted molar refractivity (Wildman–Crippen MR) is 99.8 cm³/mol. The van der Waals surface area contributed by atoms with E-state index in [1.54, 1.807) is 23.1 Å². The average molecular weight is 385 g/mol. The molecule has 3 fully saturated rings. The van der Waals surface area contributed by atoms with Crippen molar-refractivity contribution in [2.75, 3.05) is 0 Å². The van der Waals surface area contributed by atoms with Gasteiger partial charge in [0.25, 0.3) is 5.91 Å². The lowest BCUT2D eigenvalue weighted by Crippen LogP contribution is -2.37. The molecule has 5 rings (SSSR count). The van der Waals surface area contributed by atoms with E-state index in [0.717, 1.165) is 17.8 Å². The summed E-state index contributed by atoms with van der Waals surface area (Å²) >= 11 is 1.42. The third-order valence-corrected chi connectivity index (χ3v) is 7.37. The number of rotatable bonds is 4. The summed E-state index contributed by atoms with van der Waals surface area (Å²) in [6.07, 6.45) is 3.33. The van der Waals surface area contributed by atoms with Crippen LogP contribution in [-0.4, -0.2) is 33.8 Å². The fourth-order valence-electron chi connectivity index (χ4n) is 4.45. The summed E-state index contributed by atoms with van der Waals surface area (Å²) in [6, 6.07) is 6.25. The van der Waals surface area contributed by atoms with Crippen LogP contribution < -0.4 is 5.73 Å². The summed E-state index contributed by atoms with van der Waals surface area (Å²) in [4.78, 5) is 32.3. The Balaban J connectivity index is 1.56. The quantitative estimate of drug-likeness (QED) is 0.877. The van der Waals surface area contributed by atoms with Crippen molar-refractivity contribution in [2.45, 2.75) is 50.6 Å². The van der Waals surface area contributed by atoms with E-state index in [4.69, 9.17) is 5.73 Å². The molecule has 0 spiro atoms. The van der Waals surface area contributed by atoms with Gasteiger partial charge < -0.3 is 10.6 Å². The van der Waals surface area contributed by atoms with E-state index in [2.05, 4.69) is 4.98 Å². The van der Waals surface area contributed by atoms with E-state index in [0.29, 0.717) is 34.9 Å². The van der Waals surface area contributed by atoms with Crippen molar-refractivity contribution >= 4 is 23.2 Å². The van der Waals surface area contributed by atoms with Gasteiger partial charge in [0.15, 0.2) is 0 Å². The molecule has 0 bridgehead atoms. The Morgan fingerprint density at radius 1 is 1.30 bits per heavy atom. The molecule has 3 aliphatic rings. The maximum absolute atomic E-state index is 14.4. The van der Waals surface area contributed by atoms with E-state index in [-0.39, 0.29) is 29.7 Å². The predicted octanol–water partition coefficient (Wildman–Crippen LogP) is 3.31. The highest BCUT2D eigenvalue weighted by Gasteiger charge is 2.68. The summed E-state index contributed by atoms with van der Waals surface area (Å²) in [5.41, 5.74) is 5.73. The molecule has 1 aromatic carbocycles. The summed E-state index contributed by atoms with van der Waals surface area (Å²) in [7, 11) is 0. The SMILES string of the molecule is C[C@H]1C[C@@]2(C(N)=O)C[C@@H]2N1C(=O)c1nc(C2CC2)sc1-c1ccccc1F. The highest BCUT2D eigenvalue weighted by atomic mass is 32.1. The lowest BCUT2D eigenvalue weighted by molar-refractivity contribution is -0.123. The molecule has 27 heavy (non-hydrogen) atoms. The molecule has 5 nitrogen and oxygen atoms in total. The number of hydrogen-bond acceptors (Lipinski definition) is 4. The number of nitrogens with zero attached hydrogens (tertiary/aromatic N) is 2. The molecule has 2 aliphatic carbocycles. The molecule has 2 aromatic rings. The van der Waals surface area contributed by atoms with Gasteiger partial charge in [0, 0.05) is 23.6 Å². The number of thiazole rings is 1. The van der Waals surface area contributed by atoms with Crippen LogP contribution >= 0.6 is 11.3 Å². The molecule has 2 amide bonds. The largest absolute Gasteiger partial charge is 0.369 e. The molecule has 140 valence electrons. The fourth-order valence-corrected chi connectivity index (χ4v) is 5.70. The fraction of sp³-hybridized carbons (Fsp3) is 0.450. The number of carbonyl (C=O) groups excluding carboxylic acids is 2. The van der Waals surface area contributed by atoms with E-state index < -0.39 is 5.41 Å². The smallest absolute Gasteiger partial charge is 0.274 e. The Morgan fingerprint density at radius 3 is 2.67 bits per heavy atom. The Labute approximate surface area is 160 Å². The van der Waals surface area contributed by atoms with E-state index in [1.807, 2.05) is 6.92 Å². The molecule has 1 saturated heterocycles. The van der Waals surface area contributed by atoms with Gasteiger partial charge in [-0.1, -0.05) is 18.2 Å². The minimum Gasteiger partial charge on any atom is -0.369 e. The number of fused-ring (bicyclic) bond motifs is 1. The molecule has 1 aromatic heterocycles. The number of likely N-dealkylation sites (tertiary alicyclic amines) is 1. The van der Waals surface area contributed by atoms with Crippen LogP contribution in [0.15, 0.2) is 24.3 Å². The number of aromatic nitrogens is 1. The second-order valence-electron chi connectivity index (χ2n) is 7.99. The number of amides is 2. The number of halogens is 1. The third-order valence-electron chi connectivity index (χ3n) is 6.12. The van der Waals surface area contributed by atoms with Gasteiger partial charge in [-0.05, 0) is 38.7 Å². The van der Waals surface area contributed by atoms with Crippen LogP contribution in [0.25, 0.3) is 10.4 Å². The standard InChI is InChI=1S/C20H20FN3O2S/c1-10-8-20(19(22)26)9-14(20)24(10)18(25)15-16(12-4-2-3-5-13(12)21)27-17(23-15)11-6-7-11/h2-5,10-11,14H,6-9H2,1H3,(H2,22,26)/t10-,14-,20+/m0/s1. The lowest BCUT2D eigenvalue weighted by Gasteiger charge is -2.24. The zero-order chi connectivity index (χ0) is 18.9. The summed E-state index contributed by atoms with van der Waals surface area (Å²) in [5.74, 6) is -0.524. The summed E-state index contributed by atoms with van der Waals surface area (Å²) < 4.78 is 14.4. The van der Waals surface area contributed by atoms with Crippen molar-refractivity contribution in [2.24, 2.45) is 11.1 Å². The first-order valence-electron chi connectivity index (χ1n) is 9.30. The number of hydrogen-bond donors (Lipinski definition) is 1. The third kappa shape index (κ3) is 2.44. The minimum atomic E-state index is -0.581. The number of carbonyl (C=O) groups is 2. The Hall–Kier alpha value is -2.28. The van der Waals surface area contributed by atoms with Gasteiger partial charge in [0.1, 0.15) is 11.5 Å². The van der Waals surface area contributed by atoms with Crippen LogP contribution in [-0.2, 0) is 4.79 Å². The molecular formula is C20H20FN3O2S. The topological polar surface area (TPSA) is 76.3 Å². The number of nitrogens with two attached hydrogens (primary N) is 1. The van der Waals surface area contributed by atoms with Crippen molar-refractivity contribution in [1.82, 2.24) is 9.88 Å². The van der Waals surface area contributed by atoms with Crippen LogP contribution in [0.4, 0.5) is 4.39 Å². The summed E-state index contributed by atoms with van der Waals surface area (Å²) in [5, 5.41) is 0.903. The number of piperidine rings is 1. The first kappa shape index (κ1) is 16.9. The molecular weight excluding hydrogens is 365 g/mol. The van der Waals surface area contributed by atoms with Gasteiger partial charge >= 0.3 is 0 Å². The molecule has 2 heterocycles. The Morgan fingerprint density at radius 2 is 2.04 bits per heavy atom. The van der Waals surface area contributed by atoms with Gasteiger partial charge in [-0.15, -0.1) is 11.3 Å². The van der Waals surface area contributed by atoms with Gasteiger partial charge in [-0.25, -0.2) is 9.37 Å². The molecule has 7 heteroatoms. The average Bonchev–Trinajstić information content (AvgIpc) is 3.53. The van der Waals surface area contributed by atoms with Crippen LogP contribution in [0.2, 0.25) is 0 Å². The zero-order valence-electron chi connectivity index (χ0n) is 14.9. The number of primary amides is 1. The van der Waals surface area contributed by atoms with E-state index >= 15 is 0 Å². The van der Waals surface area contributed by atoms with Crippen LogP contribution in [0.1, 0.15) is 54.0 Å². The van der Waals surface area contributed by atoms with Gasteiger partial charge in [-0.3, -0.25) is 9.59 Å². The highest BCUT2D eigenvalue weighted by molar-refractivity contribution is 7.15. The van der Waals surface area contributed by atoms with Crippen molar-refractivity contribution < 1.29 is 14.0 Å². The number of benzene rings is 1. The lowest BCUT2D eigenvalue weighted by atomic mass is 10.00. The van der Waals surface area contributed by atoms with Crippen molar-refractivity contribution in [3.63, 3.8) is 0 Å². The second-order valence-corrected chi connectivity index (χ2v) is 9.02. The molecule has 0 unspecified atom stereocenters. The molecule has 3 atom stereocenters. The Kier molecular flexibility index (Phi) is 3.50. The molecule has 0 radical (unpaired) electrons. The van der Waals surface area contributed by atoms with Crippen LogP contribution in [0, 0.1) is 11.2 Å². The second kappa shape index (κ2) is 5.61. The minimum absolute atomic E-state index is 0.0803. The molecule has 2 saturated carbocycles. The van der Waals surface area contributed by atoms with Crippen LogP contribution in [0.3, 0.4) is 0 Å². The molecule has 1 aliphatic heterocycles. The molecule has 2 N–H and O–H groups in total. The van der Waals surface area contributed by atoms with E-state index in [1.165, 1.54) is 17.4 Å². The van der Waals surface area contributed by atoms with Gasteiger partial charge in [-0.2, -0.15) is 0 Å². The van der Waals surface area contributed by atoms with Crippen molar-refractivity contribution in [3.8, 4) is 10.4 Å². The zero-order valence-corrected chi connectivity index (χ0v) is 15.8. The normalized spacial score (nSPS) is 28.9. The van der Waals surface area contributed by atoms with Crippen molar-refractivity contribution in [1.29, 1.82) is 0 Å². The first-order valence-corrected chi connectivity index (χ1v) is 10.1. The summed E-state index contributed by atoms with van der Waals surface area (Å²) in [6.45, 7) is 1.94. The Bertz CT molecular complexity index is 970.